The summed E-state index contributed by atoms with van der Waals surface area (Å²) in [6, 6.07) is 8.85. The fourth-order valence-corrected chi connectivity index (χ4v) is 5.65. The summed E-state index contributed by atoms with van der Waals surface area (Å²) in [5.41, 5.74) is 4.99. The molecule has 2 bridgehead atoms. The normalized spacial score (nSPS) is 20.8. The van der Waals surface area contributed by atoms with Gasteiger partial charge in [-0.1, -0.05) is 0 Å². The van der Waals surface area contributed by atoms with Gasteiger partial charge in [-0.15, -0.1) is 6.42 Å². The van der Waals surface area contributed by atoms with E-state index in [4.69, 9.17) is 11.4 Å². The summed E-state index contributed by atoms with van der Waals surface area (Å²) in [5.74, 6) is 3.10. The number of amides is 1. The zero-order valence-electron chi connectivity index (χ0n) is 19.8. The first-order chi connectivity index (χ1) is 17.5. The van der Waals surface area contributed by atoms with E-state index in [-0.39, 0.29) is 11.9 Å². The molecule has 1 saturated carbocycles. The van der Waals surface area contributed by atoms with Gasteiger partial charge in [-0.25, -0.2) is 9.50 Å². The van der Waals surface area contributed by atoms with Gasteiger partial charge < -0.3 is 10.2 Å². The largest absolute Gasteiger partial charge is 0.353 e. The Morgan fingerprint density at radius 1 is 1.14 bits per heavy atom. The Hall–Kier alpha value is -4.63. The van der Waals surface area contributed by atoms with Gasteiger partial charge in [-0.2, -0.15) is 15.5 Å². The van der Waals surface area contributed by atoms with Crippen molar-refractivity contribution in [3.8, 4) is 40.7 Å². The highest BCUT2D eigenvalue weighted by atomic mass is 16.1. The van der Waals surface area contributed by atoms with E-state index >= 15 is 0 Å². The molecular formula is C27H24N8O. The van der Waals surface area contributed by atoms with Crippen LogP contribution in [0.4, 0.5) is 5.82 Å². The van der Waals surface area contributed by atoms with Gasteiger partial charge in [-0.3, -0.25) is 9.48 Å². The molecule has 9 nitrogen and oxygen atoms in total. The zero-order chi connectivity index (χ0) is 24.8. The molecule has 2 saturated heterocycles. The van der Waals surface area contributed by atoms with Crippen LogP contribution in [0.5, 0.6) is 0 Å². The maximum Gasteiger partial charge on any atom is 0.295 e. The summed E-state index contributed by atoms with van der Waals surface area (Å²) >= 11 is 0. The van der Waals surface area contributed by atoms with Gasteiger partial charge >= 0.3 is 0 Å². The third kappa shape index (κ3) is 3.66. The van der Waals surface area contributed by atoms with Crippen molar-refractivity contribution < 1.29 is 4.79 Å². The molecule has 0 radical (unpaired) electrons. The standard InChI is InChI=1S/C27H24N8O/c1-3-26(36)32-24-9-22-6-4-18(24)15-34(22)25-7-5-17(11-29-25)23-8-19(21-13-30-33(2)14-21)16-35-27(23)20(10-28)12-31-35/h1,5,7-8,11-14,16,18,22,24H,4,6,9,15H2,2H3,(H,32,36). The summed E-state index contributed by atoms with van der Waals surface area (Å²) in [7, 11) is 1.88. The van der Waals surface area contributed by atoms with E-state index in [0.717, 1.165) is 59.4 Å². The third-order valence-electron chi connectivity index (χ3n) is 7.41. The van der Waals surface area contributed by atoms with Gasteiger partial charge in [0.05, 0.1) is 23.5 Å². The molecule has 3 unspecified atom stereocenters. The molecule has 4 aromatic heterocycles. The molecule has 0 spiro atoms. The minimum Gasteiger partial charge on any atom is -0.353 e. The van der Waals surface area contributed by atoms with Crippen LogP contribution in [0.1, 0.15) is 24.8 Å². The summed E-state index contributed by atoms with van der Waals surface area (Å²) < 4.78 is 3.51. The maximum absolute atomic E-state index is 11.7. The number of hydrogen-bond acceptors (Lipinski definition) is 6. The number of aromatic nitrogens is 5. The molecule has 4 aromatic rings. The Morgan fingerprint density at radius 3 is 2.69 bits per heavy atom. The van der Waals surface area contributed by atoms with Gasteiger partial charge in [-0.05, 0) is 49.3 Å². The van der Waals surface area contributed by atoms with Crippen LogP contribution in [0.25, 0.3) is 27.8 Å². The van der Waals surface area contributed by atoms with Crippen molar-refractivity contribution in [2.45, 2.75) is 31.3 Å². The molecule has 36 heavy (non-hydrogen) atoms. The Bertz CT molecular complexity index is 1550. The van der Waals surface area contributed by atoms with Crippen LogP contribution < -0.4 is 10.2 Å². The summed E-state index contributed by atoms with van der Waals surface area (Å²) in [4.78, 5) is 18.9. The minimum atomic E-state index is -0.335. The second-order valence-electron chi connectivity index (χ2n) is 9.52. The Morgan fingerprint density at radius 2 is 2.03 bits per heavy atom. The lowest BCUT2D eigenvalue weighted by Crippen LogP contribution is -2.59. The van der Waals surface area contributed by atoms with Crippen molar-refractivity contribution in [1.29, 1.82) is 5.26 Å². The molecule has 2 aliphatic heterocycles. The highest BCUT2D eigenvalue weighted by Gasteiger charge is 2.41. The number of carbonyl (C=O) groups is 1. The number of anilines is 1. The second-order valence-corrected chi connectivity index (χ2v) is 9.52. The summed E-state index contributed by atoms with van der Waals surface area (Å²) in [6.07, 6.45) is 17.4. The number of carbonyl (C=O) groups excluding carboxylic acids is 1. The SMILES string of the molecule is C#CC(=O)NC1CC2CCC1CN2c1ccc(-c2cc(-c3cnn(C)c3)cn3ncc(C#N)c23)cn1. The van der Waals surface area contributed by atoms with Crippen LogP contribution in [0.2, 0.25) is 0 Å². The van der Waals surface area contributed by atoms with Gasteiger partial charge in [0.1, 0.15) is 11.9 Å². The van der Waals surface area contributed by atoms with Crippen molar-refractivity contribution in [2.24, 2.45) is 13.0 Å². The van der Waals surface area contributed by atoms with Crippen molar-refractivity contribution in [3.63, 3.8) is 0 Å². The second kappa shape index (κ2) is 8.54. The molecule has 1 amide bonds. The number of aryl methyl sites for hydroxylation is 1. The summed E-state index contributed by atoms with van der Waals surface area (Å²) in [5, 5.41) is 21.4. The molecule has 6 heterocycles. The molecule has 3 aliphatic rings. The number of nitriles is 1. The number of nitrogens with one attached hydrogen (secondary N) is 1. The predicted octanol–water partition coefficient (Wildman–Crippen LogP) is 2.78. The molecule has 0 aromatic carbocycles. The molecule has 9 heteroatoms. The topological polar surface area (TPSA) is 104 Å². The molecule has 3 atom stereocenters. The van der Waals surface area contributed by atoms with Crippen molar-refractivity contribution in [2.75, 3.05) is 11.4 Å². The number of fused-ring (bicyclic) bond motifs is 4. The lowest BCUT2D eigenvalue weighted by atomic mass is 9.76. The highest BCUT2D eigenvalue weighted by Crippen LogP contribution is 2.38. The quantitative estimate of drug-likeness (QED) is 0.454. The van der Waals surface area contributed by atoms with Gasteiger partial charge in [0, 0.05) is 66.5 Å². The number of nitrogens with zero attached hydrogens (tertiary/aromatic N) is 7. The Balaban J connectivity index is 1.33. The first-order valence-corrected chi connectivity index (χ1v) is 11.9. The monoisotopic (exact) mass is 476 g/mol. The Labute approximate surface area is 208 Å². The van der Waals surface area contributed by atoms with E-state index in [9.17, 15) is 10.1 Å². The van der Waals surface area contributed by atoms with Crippen molar-refractivity contribution in [1.82, 2.24) is 29.7 Å². The minimum absolute atomic E-state index is 0.123. The van der Waals surface area contributed by atoms with E-state index in [1.807, 2.05) is 37.9 Å². The van der Waals surface area contributed by atoms with Crippen LogP contribution in [-0.2, 0) is 11.8 Å². The third-order valence-corrected chi connectivity index (χ3v) is 7.41. The van der Waals surface area contributed by atoms with Crippen molar-refractivity contribution >= 4 is 17.2 Å². The van der Waals surface area contributed by atoms with E-state index in [1.54, 1.807) is 15.4 Å². The molecule has 1 N–H and O–H groups in total. The smallest absolute Gasteiger partial charge is 0.295 e. The first-order valence-electron chi connectivity index (χ1n) is 11.9. The zero-order valence-corrected chi connectivity index (χ0v) is 19.8. The fourth-order valence-electron chi connectivity index (χ4n) is 5.65. The van der Waals surface area contributed by atoms with Crippen LogP contribution in [0.3, 0.4) is 0 Å². The van der Waals surface area contributed by atoms with E-state index in [2.05, 4.69) is 44.5 Å². The number of piperidine rings is 2. The highest BCUT2D eigenvalue weighted by molar-refractivity contribution is 5.93. The average Bonchev–Trinajstić information content (AvgIpc) is 3.54. The van der Waals surface area contributed by atoms with E-state index in [0.29, 0.717) is 17.5 Å². The van der Waals surface area contributed by atoms with Crippen LogP contribution in [0.15, 0.2) is 49.2 Å². The molecule has 178 valence electrons. The van der Waals surface area contributed by atoms with E-state index in [1.165, 1.54) is 0 Å². The van der Waals surface area contributed by atoms with Gasteiger partial charge in [0.25, 0.3) is 5.91 Å². The average molecular weight is 477 g/mol. The fraction of sp³-hybridized carbons (Fsp3) is 0.296. The number of hydrogen-bond donors (Lipinski definition) is 1. The van der Waals surface area contributed by atoms with Crippen LogP contribution in [-0.4, -0.2) is 48.9 Å². The van der Waals surface area contributed by atoms with Crippen LogP contribution in [0, 0.1) is 29.6 Å². The predicted molar refractivity (Wildman–Crippen MR) is 135 cm³/mol. The van der Waals surface area contributed by atoms with Crippen LogP contribution >= 0.6 is 0 Å². The molecule has 3 fully saturated rings. The Kier molecular flexibility index (Phi) is 5.19. The molecular weight excluding hydrogens is 452 g/mol. The maximum atomic E-state index is 11.7. The van der Waals surface area contributed by atoms with Gasteiger partial charge in [0.15, 0.2) is 0 Å². The van der Waals surface area contributed by atoms with Crippen molar-refractivity contribution in [3.05, 3.63) is 54.7 Å². The van der Waals surface area contributed by atoms with Gasteiger partial charge in [0.2, 0.25) is 0 Å². The lowest BCUT2D eigenvalue weighted by molar-refractivity contribution is -0.117. The number of terminal acetylenes is 1. The number of pyridine rings is 2. The van der Waals surface area contributed by atoms with E-state index < -0.39 is 0 Å². The lowest BCUT2D eigenvalue weighted by Gasteiger charge is -2.50. The summed E-state index contributed by atoms with van der Waals surface area (Å²) in [6.45, 7) is 0.842. The number of rotatable bonds is 4. The first kappa shape index (κ1) is 21.9. The molecule has 7 rings (SSSR count). The molecule has 1 aliphatic carbocycles.